The first-order valence-electron chi connectivity index (χ1n) is 4.59. The lowest BCUT2D eigenvalue weighted by molar-refractivity contribution is 0.510. The highest BCUT2D eigenvalue weighted by atomic mass is 15.1. The van der Waals surface area contributed by atoms with Crippen LogP contribution in [0.1, 0.15) is 25.7 Å². The molecule has 0 bridgehead atoms. The summed E-state index contributed by atoms with van der Waals surface area (Å²) in [6.07, 6.45) is 9.28. The predicted octanol–water partition coefficient (Wildman–Crippen LogP) is 1.77. The Labute approximate surface area is 74.7 Å². The van der Waals surface area contributed by atoms with E-state index in [1.54, 1.807) is 5.57 Å². The second kappa shape index (κ2) is 4.99. The van der Waals surface area contributed by atoms with Crippen molar-refractivity contribution in [3.8, 4) is 0 Å². The van der Waals surface area contributed by atoms with Crippen LogP contribution in [0, 0.1) is 0 Å². The van der Waals surface area contributed by atoms with Crippen LogP contribution >= 0.6 is 0 Å². The topological polar surface area (TPSA) is 24.1 Å². The molecule has 1 aliphatic carbocycles. The quantitative estimate of drug-likeness (QED) is 0.480. The Morgan fingerprint density at radius 2 is 2.33 bits per heavy atom. The van der Waals surface area contributed by atoms with E-state index in [9.17, 15) is 0 Å². The normalized spacial score (nSPS) is 17.9. The van der Waals surface area contributed by atoms with E-state index in [0.29, 0.717) is 6.17 Å². The zero-order valence-electron chi connectivity index (χ0n) is 7.77. The fraction of sp³-hybridized carbons (Fsp3) is 0.600. The Kier molecular flexibility index (Phi) is 3.88. The third-order valence-corrected chi connectivity index (χ3v) is 2.24. The van der Waals surface area contributed by atoms with Gasteiger partial charge in [0.05, 0.1) is 6.17 Å². The van der Waals surface area contributed by atoms with E-state index in [4.69, 9.17) is 0 Å². The molecular formula is C10H18N2. The highest BCUT2D eigenvalue weighted by Crippen LogP contribution is 2.24. The number of rotatable bonds is 5. The zero-order chi connectivity index (χ0) is 8.81. The summed E-state index contributed by atoms with van der Waals surface area (Å²) in [5, 5.41) is 6.51. The van der Waals surface area contributed by atoms with Crippen LogP contribution < -0.4 is 10.6 Å². The predicted molar refractivity (Wildman–Crippen MR) is 52.7 cm³/mol. The van der Waals surface area contributed by atoms with Gasteiger partial charge < -0.3 is 10.6 Å². The molecule has 2 heteroatoms. The molecule has 68 valence electrons. The summed E-state index contributed by atoms with van der Waals surface area (Å²) in [6, 6.07) is 0. The van der Waals surface area contributed by atoms with Crippen LogP contribution in [0.4, 0.5) is 0 Å². The third-order valence-electron chi connectivity index (χ3n) is 2.24. The van der Waals surface area contributed by atoms with Crippen molar-refractivity contribution in [3.63, 3.8) is 0 Å². The Hall–Kier alpha value is -0.760. The summed E-state index contributed by atoms with van der Waals surface area (Å²) in [6.45, 7) is 3.71. The molecule has 0 aromatic heterocycles. The lowest BCUT2D eigenvalue weighted by Gasteiger charge is -2.20. The van der Waals surface area contributed by atoms with Gasteiger partial charge in [-0.25, -0.2) is 0 Å². The van der Waals surface area contributed by atoms with E-state index in [0.717, 1.165) is 6.42 Å². The van der Waals surface area contributed by atoms with Crippen LogP contribution in [0.15, 0.2) is 24.4 Å². The van der Waals surface area contributed by atoms with Crippen LogP contribution in [0.25, 0.3) is 0 Å². The fourth-order valence-corrected chi connectivity index (χ4v) is 1.18. The van der Waals surface area contributed by atoms with Crippen LogP contribution in [-0.4, -0.2) is 13.2 Å². The summed E-state index contributed by atoms with van der Waals surface area (Å²) < 4.78 is 0. The van der Waals surface area contributed by atoms with Crippen molar-refractivity contribution in [2.24, 2.45) is 0 Å². The molecule has 0 radical (unpaired) electrons. The van der Waals surface area contributed by atoms with Gasteiger partial charge in [-0.2, -0.15) is 0 Å². The first kappa shape index (κ1) is 9.33. The maximum atomic E-state index is 3.71. The molecule has 1 unspecified atom stereocenters. The summed E-state index contributed by atoms with van der Waals surface area (Å²) in [4.78, 5) is 0. The first-order chi connectivity index (χ1) is 5.86. The van der Waals surface area contributed by atoms with Crippen molar-refractivity contribution in [1.29, 1.82) is 0 Å². The average Bonchev–Trinajstić information content (AvgIpc) is 2.00. The number of nitrogens with one attached hydrogen (secondary N) is 2. The molecule has 0 saturated heterocycles. The van der Waals surface area contributed by atoms with Gasteiger partial charge in [0, 0.05) is 0 Å². The van der Waals surface area contributed by atoms with Gasteiger partial charge in [0.25, 0.3) is 0 Å². The van der Waals surface area contributed by atoms with Gasteiger partial charge in [-0.1, -0.05) is 11.6 Å². The molecular weight excluding hydrogens is 148 g/mol. The smallest absolute Gasteiger partial charge is 0.0795 e. The monoisotopic (exact) mass is 166 g/mol. The van der Waals surface area contributed by atoms with Crippen LogP contribution in [-0.2, 0) is 0 Å². The van der Waals surface area contributed by atoms with E-state index in [1.807, 2.05) is 13.1 Å². The van der Waals surface area contributed by atoms with Crippen molar-refractivity contribution in [3.05, 3.63) is 24.4 Å². The molecule has 2 nitrogen and oxygen atoms in total. The highest BCUT2D eigenvalue weighted by molar-refractivity contribution is 5.08. The molecule has 0 heterocycles. The van der Waals surface area contributed by atoms with Crippen molar-refractivity contribution in [2.45, 2.75) is 31.8 Å². The van der Waals surface area contributed by atoms with Gasteiger partial charge in [0.15, 0.2) is 0 Å². The van der Waals surface area contributed by atoms with Gasteiger partial charge in [-0.3, -0.25) is 0 Å². The molecule has 12 heavy (non-hydrogen) atoms. The zero-order valence-corrected chi connectivity index (χ0v) is 7.77. The van der Waals surface area contributed by atoms with E-state index in [2.05, 4.69) is 23.4 Å². The number of hydrogen-bond acceptors (Lipinski definition) is 2. The first-order valence-corrected chi connectivity index (χ1v) is 4.59. The second-order valence-electron chi connectivity index (χ2n) is 3.19. The fourth-order valence-electron chi connectivity index (χ4n) is 1.18. The maximum absolute atomic E-state index is 3.71. The van der Waals surface area contributed by atoms with Crippen LogP contribution in [0.3, 0.4) is 0 Å². The molecule has 1 fully saturated rings. The Morgan fingerprint density at radius 3 is 2.75 bits per heavy atom. The van der Waals surface area contributed by atoms with E-state index >= 15 is 0 Å². The second-order valence-corrected chi connectivity index (χ2v) is 3.19. The van der Waals surface area contributed by atoms with Gasteiger partial charge >= 0.3 is 0 Å². The molecule has 0 aromatic rings. The van der Waals surface area contributed by atoms with Gasteiger partial charge in [-0.15, -0.1) is 6.58 Å². The lowest BCUT2D eigenvalue weighted by Crippen LogP contribution is -2.36. The average molecular weight is 166 g/mol. The minimum absolute atomic E-state index is 0.343. The maximum Gasteiger partial charge on any atom is 0.0795 e. The molecule has 0 aromatic carbocycles. The number of allylic oxidation sites excluding steroid dienone is 1. The molecule has 2 N–H and O–H groups in total. The summed E-state index contributed by atoms with van der Waals surface area (Å²) in [5.41, 5.74) is 1.54. The molecule has 1 rings (SSSR count). The van der Waals surface area contributed by atoms with Gasteiger partial charge in [0.1, 0.15) is 0 Å². The molecule has 0 amide bonds. The largest absolute Gasteiger partial charge is 0.376 e. The molecule has 1 atom stereocenters. The van der Waals surface area contributed by atoms with Crippen LogP contribution in [0.2, 0.25) is 0 Å². The summed E-state index contributed by atoms with van der Waals surface area (Å²) in [5.74, 6) is 0. The summed E-state index contributed by atoms with van der Waals surface area (Å²) >= 11 is 0. The van der Waals surface area contributed by atoms with Crippen molar-refractivity contribution in [1.82, 2.24) is 10.6 Å². The minimum Gasteiger partial charge on any atom is -0.376 e. The standard InChI is InChI=1S/C10H18N2/c1-3-5-10(11-2)12-8-9-6-4-7-9/h3,8,10-12H,1,4-7H2,2H3. The van der Waals surface area contributed by atoms with E-state index in [-0.39, 0.29) is 0 Å². The van der Waals surface area contributed by atoms with Crippen LogP contribution in [0.5, 0.6) is 0 Å². The van der Waals surface area contributed by atoms with Crippen molar-refractivity contribution in [2.75, 3.05) is 7.05 Å². The van der Waals surface area contributed by atoms with Gasteiger partial charge in [-0.05, 0) is 38.9 Å². The summed E-state index contributed by atoms with van der Waals surface area (Å²) in [7, 11) is 1.96. The number of hydrogen-bond donors (Lipinski definition) is 2. The minimum atomic E-state index is 0.343. The Bertz CT molecular complexity index is 167. The van der Waals surface area contributed by atoms with E-state index < -0.39 is 0 Å². The lowest BCUT2D eigenvalue weighted by atomic mass is 9.93. The molecule has 0 spiro atoms. The Balaban J connectivity index is 2.21. The van der Waals surface area contributed by atoms with Gasteiger partial charge in [0.2, 0.25) is 0 Å². The molecule has 1 aliphatic rings. The SMILES string of the molecule is C=CCC(NC)NC=C1CCC1. The van der Waals surface area contributed by atoms with E-state index in [1.165, 1.54) is 19.3 Å². The Morgan fingerprint density at radius 1 is 1.58 bits per heavy atom. The van der Waals surface area contributed by atoms with Crippen molar-refractivity contribution >= 4 is 0 Å². The molecule has 0 aliphatic heterocycles. The third kappa shape index (κ3) is 2.70. The van der Waals surface area contributed by atoms with Crippen molar-refractivity contribution < 1.29 is 0 Å². The molecule has 1 saturated carbocycles. The highest BCUT2D eigenvalue weighted by Gasteiger charge is 2.08.